The molecule has 0 spiro atoms. The maximum Gasteiger partial charge on any atom is 0.108 e. The predicted octanol–water partition coefficient (Wildman–Crippen LogP) is 1.56. The van der Waals surface area contributed by atoms with Gasteiger partial charge in [0, 0.05) is 37.2 Å². The third-order valence-corrected chi connectivity index (χ3v) is 3.85. The normalized spacial score (nSPS) is 26.4. The van der Waals surface area contributed by atoms with E-state index in [1.165, 1.54) is 24.2 Å². The maximum absolute atomic E-state index is 5.53. The van der Waals surface area contributed by atoms with Crippen LogP contribution in [0.25, 0.3) is 0 Å². The first-order valence-corrected chi connectivity index (χ1v) is 5.85. The van der Waals surface area contributed by atoms with Gasteiger partial charge in [0.2, 0.25) is 0 Å². The van der Waals surface area contributed by atoms with Crippen LogP contribution in [0.1, 0.15) is 30.2 Å². The molecule has 82 valence electrons. The van der Waals surface area contributed by atoms with Gasteiger partial charge in [-0.1, -0.05) is 0 Å². The van der Waals surface area contributed by atoms with Crippen molar-refractivity contribution in [3.05, 3.63) is 23.7 Å². The number of aryl methyl sites for hydroxylation is 1. The summed E-state index contributed by atoms with van der Waals surface area (Å²) >= 11 is 0. The monoisotopic (exact) mass is 206 g/mol. The average Bonchev–Trinajstić information content (AvgIpc) is 2.61. The van der Waals surface area contributed by atoms with Crippen LogP contribution < -0.4 is 5.32 Å². The summed E-state index contributed by atoms with van der Waals surface area (Å²) in [5.41, 5.74) is 1.43. The molecule has 2 heterocycles. The van der Waals surface area contributed by atoms with Crippen LogP contribution in [-0.2, 0) is 6.42 Å². The van der Waals surface area contributed by atoms with Gasteiger partial charge in [0.1, 0.15) is 5.76 Å². The molecule has 1 aromatic rings. The molecule has 0 radical (unpaired) electrons. The molecule has 2 aliphatic rings. The Morgan fingerprint density at radius 3 is 3.07 bits per heavy atom. The largest absolute Gasteiger partial charge is 0.469 e. The Morgan fingerprint density at radius 1 is 1.47 bits per heavy atom. The van der Waals surface area contributed by atoms with Crippen molar-refractivity contribution in [3.8, 4) is 0 Å². The zero-order chi connectivity index (χ0) is 10.3. The first-order valence-electron chi connectivity index (χ1n) is 5.85. The second-order valence-corrected chi connectivity index (χ2v) is 4.68. The second-order valence-electron chi connectivity index (χ2n) is 4.68. The summed E-state index contributed by atoms with van der Waals surface area (Å²) in [4.78, 5) is 2.52. The first-order chi connectivity index (χ1) is 7.36. The van der Waals surface area contributed by atoms with E-state index in [1.54, 1.807) is 0 Å². The first kappa shape index (κ1) is 9.43. The summed E-state index contributed by atoms with van der Waals surface area (Å²) in [5, 5.41) is 3.33. The van der Waals surface area contributed by atoms with Crippen molar-refractivity contribution in [1.29, 1.82) is 0 Å². The minimum Gasteiger partial charge on any atom is -0.469 e. The summed E-state index contributed by atoms with van der Waals surface area (Å²) in [6.07, 6.45) is 5.50. The Bertz CT molecular complexity index is 343. The molecule has 3 rings (SSSR count). The van der Waals surface area contributed by atoms with Crippen molar-refractivity contribution in [3.63, 3.8) is 0 Å². The number of rotatable bonds is 2. The van der Waals surface area contributed by atoms with Gasteiger partial charge in [-0.25, -0.2) is 0 Å². The fraction of sp³-hybridized carbons (Fsp3) is 0.667. The molecule has 1 unspecified atom stereocenters. The predicted molar refractivity (Wildman–Crippen MR) is 58.8 cm³/mol. The Balaban J connectivity index is 1.82. The minimum atomic E-state index is 0.583. The SMILES string of the molecule is CN(C1CNC1)C1CCCc2occc21. The summed E-state index contributed by atoms with van der Waals surface area (Å²) in [7, 11) is 2.25. The number of hydrogen-bond donors (Lipinski definition) is 1. The molecular formula is C12H18N2O. The lowest BCUT2D eigenvalue weighted by Gasteiger charge is -2.41. The van der Waals surface area contributed by atoms with Crippen molar-refractivity contribution < 1.29 is 4.42 Å². The molecule has 1 saturated heterocycles. The summed E-state index contributed by atoms with van der Waals surface area (Å²) < 4.78 is 5.53. The number of furan rings is 1. The number of likely N-dealkylation sites (N-methyl/N-ethyl adjacent to an activating group) is 1. The Morgan fingerprint density at radius 2 is 2.33 bits per heavy atom. The van der Waals surface area contributed by atoms with E-state index in [0.29, 0.717) is 6.04 Å². The highest BCUT2D eigenvalue weighted by Crippen LogP contribution is 2.35. The number of fused-ring (bicyclic) bond motifs is 1. The van der Waals surface area contributed by atoms with Crippen LogP contribution in [0.2, 0.25) is 0 Å². The molecule has 0 saturated carbocycles. The molecular weight excluding hydrogens is 188 g/mol. The van der Waals surface area contributed by atoms with Gasteiger partial charge in [-0.15, -0.1) is 0 Å². The Kier molecular flexibility index (Phi) is 2.29. The second kappa shape index (κ2) is 3.65. The van der Waals surface area contributed by atoms with Crippen molar-refractivity contribution >= 4 is 0 Å². The van der Waals surface area contributed by atoms with E-state index in [4.69, 9.17) is 4.42 Å². The van der Waals surface area contributed by atoms with E-state index in [9.17, 15) is 0 Å². The number of nitrogens with zero attached hydrogens (tertiary/aromatic N) is 1. The molecule has 1 N–H and O–H groups in total. The molecule has 3 heteroatoms. The van der Waals surface area contributed by atoms with Crippen molar-refractivity contribution in [1.82, 2.24) is 10.2 Å². The summed E-state index contributed by atoms with van der Waals surface area (Å²) in [6, 6.07) is 3.46. The van der Waals surface area contributed by atoms with E-state index in [-0.39, 0.29) is 0 Å². The topological polar surface area (TPSA) is 28.4 Å². The van der Waals surface area contributed by atoms with Gasteiger partial charge in [-0.2, -0.15) is 0 Å². The van der Waals surface area contributed by atoms with E-state index >= 15 is 0 Å². The third-order valence-electron chi connectivity index (χ3n) is 3.85. The third kappa shape index (κ3) is 1.50. The highest BCUT2D eigenvalue weighted by atomic mass is 16.3. The van der Waals surface area contributed by atoms with Crippen LogP contribution in [0, 0.1) is 0 Å². The maximum atomic E-state index is 5.53. The van der Waals surface area contributed by atoms with Gasteiger partial charge < -0.3 is 9.73 Å². The van der Waals surface area contributed by atoms with Crippen molar-refractivity contribution in [2.24, 2.45) is 0 Å². The van der Waals surface area contributed by atoms with Crippen LogP contribution in [0.5, 0.6) is 0 Å². The Labute approximate surface area is 90.4 Å². The van der Waals surface area contributed by atoms with E-state index in [0.717, 1.165) is 25.6 Å². The fourth-order valence-electron chi connectivity index (χ4n) is 2.70. The van der Waals surface area contributed by atoms with Gasteiger partial charge in [0.15, 0.2) is 0 Å². The molecule has 1 atom stereocenters. The summed E-state index contributed by atoms with van der Waals surface area (Å²) in [6.45, 7) is 2.28. The molecule has 3 nitrogen and oxygen atoms in total. The smallest absolute Gasteiger partial charge is 0.108 e. The highest BCUT2D eigenvalue weighted by molar-refractivity contribution is 5.24. The van der Waals surface area contributed by atoms with E-state index in [1.807, 2.05) is 6.26 Å². The Hall–Kier alpha value is -0.800. The number of hydrogen-bond acceptors (Lipinski definition) is 3. The van der Waals surface area contributed by atoms with Gasteiger partial charge in [-0.05, 0) is 26.0 Å². The molecule has 1 fully saturated rings. The highest BCUT2D eigenvalue weighted by Gasteiger charge is 2.31. The molecule has 0 amide bonds. The zero-order valence-electron chi connectivity index (χ0n) is 9.20. The standard InChI is InChI=1S/C12H18N2O/c1-14(9-7-13-8-9)11-3-2-4-12-10(11)5-6-15-12/h5-6,9,11,13H,2-4,7-8H2,1H3. The van der Waals surface area contributed by atoms with Crippen molar-refractivity contribution in [2.45, 2.75) is 31.3 Å². The van der Waals surface area contributed by atoms with E-state index < -0.39 is 0 Å². The number of nitrogens with one attached hydrogen (secondary N) is 1. The lowest BCUT2D eigenvalue weighted by molar-refractivity contribution is 0.114. The van der Waals surface area contributed by atoms with Gasteiger partial charge in [0.05, 0.1) is 6.26 Å². The average molecular weight is 206 g/mol. The lowest BCUT2D eigenvalue weighted by atomic mass is 9.91. The van der Waals surface area contributed by atoms with Gasteiger partial charge >= 0.3 is 0 Å². The fourth-order valence-corrected chi connectivity index (χ4v) is 2.70. The molecule has 1 aliphatic carbocycles. The molecule has 0 aromatic carbocycles. The lowest BCUT2D eigenvalue weighted by Crippen LogP contribution is -2.56. The molecule has 1 aliphatic heterocycles. The van der Waals surface area contributed by atoms with Gasteiger partial charge in [0.25, 0.3) is 0 Å². The van der Waals surface area contributed by atoms with E-state index in [2.05, 4.69) is 23.3 Å². The molecule has 0 bridgehead atoms. The summed E-state index contributed by atoms with van der Waals surface area (Å²) in [5.74, 6) is 1.21. The van der Waals surface area contributed by atoms with Crippen LogP contribution >= 0.6 is 0 Å². The zero-order valence-corrected chi connectivity index (χ0v) is 9.20. The molecule has 1 aromatic heterocycles. The van der Waals surface area contributed by atoms with Gasteiger partial charge in [-0.3, -0.25) is 4.90 Å². The minimum absolute atomic E-state index is 0.583. The van der Waals surface area contributed by atoms with Crippen molar-refractivity contribution in [2.75, 3.05) is 20.1 Å². The quantitative estimate of drug-likeness (QED) is 0.796. The van der Waals surface area contributed by atoms with Crippen LogP contribution in [0.4, 0.5) is 0 Å². The molecule has 15 heavy (non-hydrogen) atoms. The van der Waals surface area contributed by atoms with Crippen LogP contribution in [0.15, 0.2) is 16.7 Å². The van der Waals surface area contributed by atoms with Crippen LogP contribution in [-0.4, -0.2) is 31.1 Å². The van der Waals surface area contributed by atoms with Crippen LogP contribution in [0.3, 0.4) is 0 Å².